The smallest absolute Gasteiger partial charge is 0.251 e. The van der Waals surface area contributed by atoms with Gasteiger partial charge in [0, 0.05) is 17.3 Å². The number of hydrogen-bond acceptors (Lipinski definition) is 4. The van der Waals surface area contributed by atoms with E-state index >= 15 is 0 Å². The largest absolute Gasteiger partial charge is 0.496 e. The van der Waals surface area contributed by atoms with E-state index in [2.05, 4.69) is 31.1 Å². The van der Waals surface area contributed by atoms with Gasteiger partial charge in [0.05, 0.1) is 24.9 Å². The van der Waals surface area contributed by atoms with Crippen LogP contribution in [0, 0.1) is 11.3 Å². The molecule has 5 heteroatoms. The first-order chi connectivity index (χ1) is 13.3. The van der Waals surface area contributed by atoms with Crippen molar-refractivity contribution in [2.45, 2.75) is 45.6 Å². The zero-order chi connectivity index (χ0) is 20.4. The number of pyridine rings is 1. The molecular weight excluding hydrogens is 352 g/mol. The summed E-state index contributed by atoms with van der Waals surface area (Å²) in [4.78, 5) is 17.5. The Morgan fingerprint density at radius 1 is 1.29 bits per heavy atom. The fourth-order valence-corrected chi connectivity index (χ4v) is 4.88. The second-order valence-electron chi connectivity index (χ2n) is 8.88. The van der Waals surface area contributed by atoms with E-state index in [0.29, 0.717) is 17.2 Å². The predicted molar refractivity (Wildman–Crippen MR) is 110 cm³/mol. The van der Waals surface area contributed by atoms with Crippen LogP contribution in [-0.2, 0) is 0 Å². The lowest BCUT2D eigenvalue weighted by Crippen LogP contribution is -2.57. The monoisotopic (exact) mass is 382 g/mol. The normalized spacial score (nSPS) is 23.8. The average molecular weight is 383 g/mol. The van der Waals surface area contributed by atoms with Gasteiger partial charge in [-0.05, 0) is 60.9 Å². The maximum absolute atomic E-state index is 13.1. The van der Waals surface area contributed by atoms with Crippen molar-refractivity contribution in [1.82, 2.24) is 10.3 Å². The summed E-state index contributed by atoms with van der Waals surface area (Å²) < 4.78 is 5.46. The summed E-state index contributed by atoms with van der Waals surface area (Å²) in [7, 11) is 1.60. The third kappa shape index (κ3) is 4.36. The van der Waals surface area contributed by atoms with E-state index in [1.54, 1.807) is 31.5 Å². The van der Waals surface area contributed by atoms with E-state index in [0.717, 1.165) is 30.5 Å². The summed E-state index contributed by atoms with van der Waals surface area (Å²) >= 11 is 0. The van der Waals surface area contributed by atoms with E-state index in [-0.39, 0.29) is 17.9 Å². The van der Waals surface area contributed by atoms with Gasteiger partial charge < -0.3 is 15.2 Å². The minimum atomic E-state index is -0.594. The highest BCUT2D eigenvalue weighted by molar-refractivity contribution is 5.96. The van der Waals surface area contributed by atoms with Gasteiger partial charge in [-0.15, -0.1) is 0 Å². The molecule has 28 heavy (non-hydrogen) atoms. The molecule has 1 heterocycles. The summed E-state index contributed by atoms with van der Waals surface area (Å²) in [5, 5.41) is 13.3. The number of hydrogen-bond donors (Lipinski definition) is 2. The third-order valence-electron chi connectivity index (χ3n) is 5.54. The van der Waals surface area contributed by atoms with Crippen LogP contribution in [-0.4, -0.2) is 35.3 Å². The summed E-state index contributed by atoms with van der Waals surface area (Å²) in [5.41, 5.74) is 1.53. The van der Waals surface area contributed by atoms with Gasteiger partial charge in [-0.1, -0.05) is 26.8 Å². The van der Waals surface area contributed by atoms with Crippen LogP contribution in [0.5, 0.6) is 5.75 Å². The van der Waals surface area contributed by atoms with E-state index in [1.165, 1.54) is 0 Å². The van der Waals surface area contributed by atoms with Gasteiger partial charge in [0.15, 0.2) is 0 Å². The van der Waals surface area contributed by atoms with E-state index in [1.807, 2.05) is 18.2 Å². The number of amides is 1. The lowest BCUT2D eigenvalue weighted by molar-refractivity contribution is 0.0334. The van der Waals surface area contributed by atoms with Crippen molar-refractivity contribution < 1.29 is 14.6 Å². The standard InChI is InChI=1S/C23H30N2O3/c1-16-12-22(2,3)14-23(13-16,15-26)25-21(27)17-8-9-20(28-4)18(11-17)19-7-5-6-10-24-19/h5-11,16,26H,12-15H2,1-4H3,(H,25,27)/t16-,23+/m0/s1. The predicted octanol–water partition coefficient (Wildman–Crippen LogP) is 4.06. The summed E-state index contributed by atoms with van der Waals surface area (Å²) in [5.74, 6) is 0.925. The zero-order valence-electron chi connectivity index (χ0n) is 17.2. The molecule has 5 nitrogen and oxygen atoms in total. The van der Waals surface area contributed by atoms with Crippen LogP contribution in [0.15, 0.2) is 42.6 Å². The quantitative estimate of drug-likeness (QED) is 0.818. The number of aromatic nitrogens is 1. The molecule has 1 aliphatic rings. The fraction of sp³-hybridized carbons (Fsp3) is 0.478. The molecule has 2 aromatic rings. The Hall–Kier alpha value is -2.40. The number of carbonyl (C=O) groups excluding carboxylic acids is 1. The second kappa shape index (κ2) is 7.92. The number of nitrogens with one attached hydrogen (secondary N) is 1. The van der Waals surface area contributed by atoms with Gasteiger partial charge in [-0.3, -0.25) is 9.78 Å². The highest BCUT2D eigenvalue weighted by Gasteiger charge is 2.43. The Morgan fingerprint density at radius 3 is 2.68 bits per heavy atom. The topological polar surface area (TPSA) is 71.5 Å². The number of nitrogens with zero attached hydrogens (tertiary/aromatic N) is 1. The van der Waals surface area contributed by atoms with Crippen molar-refractivity contribution in [2.75, 3.05) is 13.7 Å². The molecule has 0 saturated heterocycles. The van der Waals surface area contributed by atoms with Gasteiger partial charge in [-0.25, -0.2) is 0 Å². The summed E-state index contributed by atoms with van der Waals surface area (Å²) in [6.45, 7) is 6.53. The van der Waals surface area contributed by atoms with E-state index < -0.39 is 5.54 Å². The molecule has 1 fully saturated rings. The number of benzene rings is 1. The Labute approximate surface area is 167 Å². The molecule has 0 unspecified atom stereocenters. The molecule has 1 aliphatic carbocycles. The van der Waals surface area contributed by atoms with Gasteiger partial charge in [-0.2, -0.15) is 0 Å². The van der Waals surface area contributed by atoms with Crippen LogP contribution in [0.2, 0.25) is 0 Å². The van der Waals surface area contributed by atoms with E-state index in [4.69, 9.17) is 4.74 Å². The first-order valence-electron chi connectivity index (χ1n) is 9.80. The number of methoxy groups -OCH3 is 1. The first-order valence-corrected chi connectivity index (χ1v) is 9.80. The first kappa shape index (κ1) is 20.3. The van der Waals surface area contributed by atoms with Crippen LogP contribution >= 0.6 is 0 Å². The molecular formula is C23H30N2O3. The lowest BCUT2D eigenvalue weighted by atomic mass is 9.64. The molecule has 150 valence electrons. The number of aliphatic hydroxyl groups excluding tert-OH is 1. The van der Waals surface area contributed by atoms with Crippen LogP contribution < -0.4 is 10.1 Å². The molecule has 1 aromatic heterocycles. The van der Waals surface area contributed by atoms with Crippen molar-refractivity contribution in [3.63, 3.8) is 0 Å². The number of ether oxygens (including phenoxy) is 1. The van der Waals surface area contributed by atoms with Crippen molar-refractivity contribution in [1.29, 1.82) is 0 Å². The van der Waals surface area contributed by atoms with Gasteiger partial charge in [0.2, 0.25) is 0 Å². The number of carbonyl (C=O) groups is 1. The highest BCUT2D eigenvalue weighted by atomic mass is 16.5. The zero-order valence-corrected chi connectivity index (χ0v) is 17.2. The SMILES string of the molecule is COc1ccc(C(=O)N[C@]2(CO)C[C@@H](C)CC(C)(C)C2)cc1-c1ccccn1. The minimum absolute atomic E-state index is 0.0598. The van der Waals surface area contributed by atoms with Gasteiger partial charge in [0.1, 0.15) is 5.75 Å². The second-order valence-corrected chi connectivity index (χ2v) is 8.88. The molecule has 2 N–H and O–H groups in total. The Balaban J connectivity index is 1.90. The number of aliphatic hydroxyl groups is 1. The van der Waals surface area contributed by atoms with Gasteiger partial charge >= 0.3 is 0 Å². The van der Waals surface area contributed by atoms with Crippen molar-refractivity contribution in [3.8, 4) is 17.0 Å². The van der Waals surface area contributed by atoms with Crippen LogP contribution in [0.25, 0.3) is 11.3 Å². The molecule has 1 aromatic carbocycles. The lowest BCUT2D eigenvalue weighted by Gasteiger charge is -2.47. The molecule has 1 amide bonds. The van der Waals surface area contributed by atoms with Crippen LogP contribution in [0.4, 0.5) is 0 Å². The summed E-state index contributed by atoms with van der Waals surface area (Å²) in [6, 6.07) is 11.0. The minimum Gasteiger partial charge on any atom is -0.496 e. The van der Waals surface area contributed by atoms with Crippen molar-refractivity contribution >= 4 is 5.91 Å². The molecule has 0 aliphatic heterocycles. The Bertz CT molecular complexity index is 835. The molecule has 0 bridgehead atoms. The Kier molecular flexibility index (Phi) is 5.75. The fourth-order valence-electron chi connectivity index (χ4n) is 4.88. The molecule has 3 rings (SSSR count). The van der Waals surface area contributed by atoms with Crippen molar-refractivity contribution in [3.05, 3.63) is 48.2 Å². The average Bonchev–Trinajstić information content (AvgIpc) is 2.66. The van der Waals surface area contributed by atoms with Crippen LogP contribution in [0.1, 0.15) is 50.4 Å². The van der Waals surface area contributed by atoms with Crippen LogP contribution in [0.3, 0.4) is 0 Å². The van der Waals surface area contributed by atoms with E-state index in [9.17, 15) is 9.90 Å². The molecule has 2 atom stereocenters. The molecule has 0 spiro atoms. The molecule has 1 saturated carbocycles. The maximum atomic E-state index is 13.1. The van der Waals surface area contributed by atoms with Gasteiger partial charge in [0.25, 0.3) is 5.91 Å². The Morgan fingerprint density at radius 2 is 2.07 bits per heavy atom. The third-order valence-corrected chi connectivity index (χ3v) is 5.54. The highest BCUT2D eigenvalue weighted by Crippen LogP contribution is 2.44. The molecule has 0 radical (unpaired) electrons. The number of rotatable bonds is 5. The van der Waals surface area contributed by atoms with Crippen molar-refractivity contribution in [2.24, 2.45) is 11.3 Å². The maximum Gasteiger partial charge on any atom is 0.251 e. The summed E-state index contributed by atoms with van der Waals surface area (Å²) in [6.07, 6.45) is 4.35.